The Kier molecular flexibility index (Phi) is 25.5. The summed E-state index contributed by atoms with van der Waals surface area (Å²) in [6.45, 7) is 8.24. The van der Waals surface area contributed by atoms with Crippen LogP contribution in [0.4, 0.5) is 0 Å². The molecule has 0 aromatic carbocycles. The molecule has 0 radical (unpaired) electrons. The normalized spacial score (nSPS) is 28.7. The second-order valence-corrected chi connectivity index (χ2v) is 16.4. The van der Waals surface area contributed by atoms with Gasteiger partial charge in [0.1, 0.15) is 24.4 Å². The van der Waals surface area contributed by atoms with Crippen LogP contribution in [0.1, 0.15) is 148 Å². The van der Waals surface area contributed by atoms with Gasteiger partial charge in [-0.3, -0.25) is 10.6 Å². The maximum atomic E-state index is 11.5. The van der Waals surface area contributed by atoms with E-state index in [9.17, 15) is 30.6 Å². The second kappa shape index (κ2) is 28.8. The molecule has 0 bridgehead atoms. The van der Waals surface area contributed by atoms with E-state index in [4.69, 9.17) is 9.47 Å². The van der Waals surface area contributed by atoms with Gasteiger partial charge >= 0.3 is 0 Å². The Morgan fingerprint density at radius 3 is 1.89 bits per heavy atom. The molecule has 3 heterocycles. The predicted octanol–water partition coefficient (Wildman–Crippen LogP) is 3.54. The Hall–Kier alpha value is -0.480. The van der Waals surface area contributed by atoms with Crippen LogP contribution in [-0.4, -0.2) is 143 Å². The molecular weight excluding hydrogens is 676 g/mol. The van der Waals surface area contributed by atoms with Gasteiger partial charge in [0, 0.05) is 44.7 Å². The monoisotopic (exact) mass is 759 g/mol. The molecule has 3 aliphatic heterocycles. The van der Waals surface area contributed by atoms with E-state index in [1.807, 2.05) is 0 Å². The molecule has 0 aromatic heterocycles. The van der Waals surface area contributed by atoms with E-state index in [1.165, 1.54) is 122 Å². The Balaban J connectivity index is 1.36. The quantitative estimate of drug-likeness (QED) is 0.0471. The van der Waals surface area contributed by atoms with Crippen molar-refractivity contribution in [3.05, 3.63) is 0 Å². The summed E-state index contributed by atoms with van der Waals surface area (Å²) in [6.07, 6.45) is 17.1. The van der Waals surface area contributed by atoms with E-state index in [1.54, 1.807) is 0 Å². The van der Waals surface area contributed by atoms with Crippen LogP contribution >= 0.6 is 0 Å². The molecule has 3 aliphatic rings. The molecule has 12 nitrogen and oxygen atoms in total. The van der Waals surface area contributed by atoms with Crippen LogP contribution in [0.2, 0.25) is 0 Å². The van der Waals surface area contributed by atoms with Gasteiger partial charge in [0.05, 0.1) is 31.6 Å². The van der Waals surface area contributed by atoms with E-state index in [2.05, 4.69) is 27.8 Å². The first kappa shape index (κ1) is 46.9. The lowest BCUT2D eigenvalue weighted by Crippen LogP contribution is -2.60. The van der Waals surface area contributed by atoms with E-state index < -0.39 is 55.4 Å². The molecule has 12 heteroatoms. The summed E-state index contributed by atoms with van der Waals surface area (Å²) >= 11 is 0. The van der Waals surface area contributed by atoms with Gasteiger partial charge in [0.2, 0.25) is 0 Å². The van der Waals surface area contributed by atoms with Crippen molar-refractivity contribution in [2.45, 2.75) is 203 Å². The fourth-order valence-corrected chi connectivity index (χ4v) is 8.28. The summed E-state index contributed by atoms with van der Waals surface area (Å²) in [5.74, 6) is -0.564. The molecule has 0 aromatic rings. The van der Waals surface area contributed by atoms with Crippen LogP contribution in [0, 0.1) is 5.92 Å². The third-order valence-electron chi connectivity index (χ3n) is 11.9. The third-order valence-corrected chi connectivity index (χ3v) is 11.9. The maximum absolute atomic E-state index is 11.5. The van der Waals surface area contributed by atoms with Crippen molar-refractivity contribution >= 4 is 0 Å². The van der Waals surface area contributed by atoms with Crippen LogP contribution in [-0.2, 0) is 9.47 Å². The zero-order chi connectivity index (χ0) is 38.1. The lowest BCUT2D eigenvalue weighted by molar-refractivity contribution is -0.305. The molecule has 0 saturated carbocycles. The van der Waals surface area contributed by atoms with Crippen LogP contribution in [0.3, 0.4) is 0 Å². The van der Waals surface area contributed by atoms with E-state index in [0.29, 0.717) is 6.42 Å². The number of unbranched alkanes of at least 4 members (excludes halogenated alkanes) is 18. The third kappa shape index (κ3) is 18.6. The van der Waals surface area contributed by atoms with Gasteiger partial charge in [-0.05, 0) is 25.8 Å². The first-order valence-electron chi connectivity index (χ1n) is 22.1. The van der Waals surface area contributed by atoms with E-state index in [-0.39, 0.29) is 18.8 Å². The number of aliphatic hydroxyl groups is 6. The highest BCUT2D eigenvalue weighted by molar-refractivity contribution is 4.93. The van der Waals surface area contributed by atoms with Crippen LogP contribution < -0.4 is 16.0 Å². The fourth-order valence-electron chi connectivity index (χ4n) is 8.28. The van der Waals surface area contributed by atoms with Gasteiger partial charge in [-0.1, -0.05) is 129 Å². The largest absolute Gasteiger partial charge is 0.394 e. The molecule has 9 N–H and O–H groups in total. The van der Waals surface area contributed by atoms with Crippen molar-refractivity contribution in [3.8, 4) is 0 Å². The molecular formula is C41H82N4O8. The summed E-state index contributed by atoms with van der Waals surface area (Å²) in [7, 11) is 0. The number of hydrogen-bond acceptors (Lipinski definition) is 12. The highest BCUT2D eigenvalue weighted by atomic mass is 16.7. The number of rotatable bonds is 31. The van der Waals surface area contributed by atoms with Crippen molar-refractivity contribution in [3.63, 3.8) is 0 Å². The van der Waals surface area contributed by atoms with E-state index >= 15 is 0 Å². The SMILES string of the molecule is CCCCCCCCCCCCCC[C@@H](O)[C@@H](O)[C@H](COC1OC(CO)C(O)C(O)C1O)C1NCC(CCCCCCCCCCN2CCNCC2)N1. The average molecular weight is 759 g/mol. The van der Waals surface area contributed by atoms with Crippen molar-refractivity contribution in [2.24, 2.45) is 5.92 Å². The van der Waals surface area contributed by atoms with Crippen LogP contribution in [0.25, 0.3) is 0 Å². The summed E-state index contributed by atoms with van der Waals surface area (Å²) in [6, 6.07) is 0.237. The van der Waals surface area contributed by atoms with Gasteiger partial charge in [-0.15, -0.1) is 0 Å². The van der Waals surface area contributed by atoms with Crippen molar-refractivity contribution in [1.29, 1.82) is 0 Å². The van der Waals surface area contributed by atoms with Gasteiger partial charge in [0.15, 0.2) is 6.29 Å². The minimum absolute atomic E-state index is 0.0635. The Morgan fingerprint density at radius 2 is 1.28 bits per heavy atom. The topological polar surface area (TPSA) is 179 Å². The number of piperazine rings is 1. The molecule has 3 saturated heterocycles. The number of hydrogen-bond donors (Lipinski definition) is 9. The molecule has 314 valence electrons. The number of nitrogens with one attached hydrogen (secondary N) is 3. The van der Waals surface area contributed by atoms with Crippen molar-refractivity contribution in [1.82, 2.24) is 20.9 Å². The number of nitrogens with zero attached hydrogens (tertiary/aromatic N) is 1. The molecule has 3 rings (SSSR count). The molecule has 53 heavy (non-hydrogen) atoms. The van der Waals surface area contributed by atoms with Crippen molar-refractivity contribution in [2.75, 3.05) is 52.5 Å². The molecule has 3 fully saturated rings. The van der Waals surface area contributed by atoms with Crippen molar-refractivity contribution < 1.29 is 40.1 Å². The molecule has 0 amide bonds. The zero-order valence-corrected chi connectivity index (χ0v) is 33.4. The highest BCUT2D eigenvalue weighted by Gasteiger charge is 2.45. The summed E-state index contributed by atoms with van der Waals surface area (Å²) in [5.41, 5.74) is 0. The smallest absolute Gasteiger partial charge is 0.186 e. The number of ether oxygens (including phenoxy) is 2. The van der Waals surface area contributed by atoms with Gasteiger partial charge in [-0.2, -0.15) is 0 Å². The summed E-state index contributed by atoms with van der Waals surface area (Å²) < 4.78 is 11.5. The highest BCUT2D eigenvalue weighted by Crippen LogP contribution is 2.26. The molecule has 0 aliphatic carbocycles. The predicted molar refractivity (Wildman–Crippen MR) is 210 cm³/mol. The summed E-state index contributed by atoms with van der Waals surface area (Å²) in [5, 5.41) is 73.7. The Labute approximate surface area is 322 Å². The molecule has 10 atom stereocenters. The minimum Gasteiger partial charge on any atom is -0.394 e. The molecule has 0 spiro atoms. The zero-order valence-electron chi connectivity index (χ0n) is 33.4. The first-order chi connectivity index (χ1) is 25.8. The van der Waals surface area contributed by atoms with E-state index in [0.717, 1.165) is 51.7 Å². The maximum Gasteiger partial charge on any atom is 0.186 e. The van der Waals surface area contributed by atoms with Crippen LogP contribution in [0.5, 0.6) is 0 Å². The lowest BCUT2D eigenvalue weighted by atomic mass is 9.92. The molecule has 7 unspecified atom stereocenters. The standard InChI is InChI=1S/C41H82N4O8/c1-2-3-4-5-6-7-8-9-10-14-17-20-23-34(47)36(48)33(31-52-41-39(51)38(50)37(49)35(30-46)53-41)40-43-29-32(44-40)22-19-16-13-11-12-15-18-21-26-45-27-24-42-25-28-45/h32-44,46-51H,2-31H2,1H3/t32?,33-,34+,35?,36-,37?,38?,39?,40?,41?/m0/s1. The first-order valence-corrected chi connectivity index (χ1v) is 22.1. The lowest BCUT2D eigenvalue weighted by Gasteiger charge is -2.40. The average Bonchev–Trinajstić information content (AvgIpc) is 3.64. The van der Waals surface area contributed by atoms with Gasteiger partial charge in [0.25, 0.3) is 0 Å². The number of aliphatic hydroxyl groups excluding tert-OH is 6. The summed E-state index contributed by atoms with van der Waals surface area (Å²) in [4.78, 5) is 2.58. The Bertz CT molecular complexity index is 872. The van der Waals surface area contributed by atoms with Crippen LogP contribution in [0.15, 0.2) is 0 Å². The fraction of sp³-hybridized carbons (Fsp3) is 1.00. The minimum atomic E-state index is -1.54. The second-order valence-electron chi connectivity index (χ2n) is 16.4. The van der Waals surface area contributed by atoms with Gasteiger partial charge < -0.3 is 50.3 Å². The Morgan fingerprint density at radius 1 is 0.717 bits per heavy atom. The van der Waals surface area contributed by atoms with Gasteiger partial charge in [-0.25, -0.2) is 0 Å².